The maximum Gasteiger partial charge on any atom is 0.319 e. The van der Waals surface area contributed by atoms with Gasteiger partial charge < -0.3 is 14.7 Å². The van der Waals surface area contributed by atoms with Crippen LogP contribution in [0.3, 0.4) is 0 Å². The number of benzene rings is 2. The van der Waals surface area contributed by atoms with Crippen LogP contribution in [-0.4, -0.2) is 75.6 Å². The number of phenolic OH excluding ortho intramolecular Hbond substituents is 1. The molecule has 2 amide bonds. The molecule has 0 spiro atoms. The second-order valence-corrected chi connectivity index (χ2v) is 14.2. The monoisotopic (exact) mass is 705 g/mol. The maximum atomic E-state index is 17.1. The lowest BCUT2D eigenvalue weighted by atomic mass is 9.80. The van der Waals surface area contributed by atoms with Crippen LogP contribution in [0.15, 0.2) is 42.6 Å². The maximum absolute atomic E-state index is 17.1. The molecule has 2 aromatic carbocycles. The molecule has 3 fully saturated rings. The van der Waals surface area contributed by atoms with Crippen molar-refractivity contribution in [3.05, 3.63) is 59.8 Å². The lowest BCUT2D eigenvalue weighted by Gasteiger charge is -2.31. The standard InChI is InChI=1S/C39H37F2N7O4/c1-3-27-30(40)8-7-25-16-26(50)17-28(32(25)27)34-33(41)35-29(19-43-34)36(46-37(45-35)52-22-39-10-4-13-48(39)14-5-11-39)47-15-12-38(2,21-42)18-24(20-47)6-9-31(51)44-23-49/h1,6-9,16-17,19,23-24,50H,4-5,10-15,18,20,22H2,2H3,(H,44,49,51)/t24-,38-/m0/s1. The van der Waals surface area contributed by atoms with Gasteiger partial charge in [0.25, 0.3) is 0 Å². The van der Waals surface area contributed by atoms with Crippen LogP contribution in [-0.2, 0) is 9.59 Å². The number of halogens is 2. The fraction of sp³-hybridized carbons (Fsp3) is 0.385. The largest absolute Gasteiger partial charge is 0.508 e. The first-order valence-corrected chi connectivity index (χ1v) is 17.3. The Morgan fingerprint density at radius 1 is 1.19 bits per heavy atom. The van der Waals surface area contributed by atoms with E-state index in [4.69, 9.17) is 16.1 Å². The van der Waals surface area contributed by atoms with Crippen LogP contribution >= 0.6 is 0 Å². The van der Waals surface area contributed by atoms with E-state index >= 15 is 4.39 Å². The van der Waals surface area contributed by atoms with Crippen LogP contribution in [0.1, 0.15) is 51.0 Å². The van der Waals surface area contributed by atoms with Gasteiger partial charge in [0, 0.05) is 30.2 Å². The summed E-state index contributed by atoms with van der Waals surface area (Å²) in [7, 11) is 0. The molecular formula is C39H37F2N7O4. The number of ether oxygens (including phenoxy) is 1. The quantitative estimate of drug-likeness (QED) is 0.139. The van der Waals surface area contributed by atoms with Crippen LogP contribution in [0.2, 0.25) is 0 Å². The Morgan fingerprint density at radius 3 is 2.71 bits per heavy atom. The van der Waals surface area contributed by atoms with Gasteiger partial charge in [-0.15, -0.1) is 6.42 Å². The SMILES string of the molecule is C#Cc1c(F)ccc2cc(O)cc(-c3ncc4c(N5CC[C@](C)(C#N)C[C@H](C=CC(=O)NC=O)C5)nc(OCC56CCCN5CCC6)nc4c3F)c12. The highest BCUT2D eigenvalue weighted by molar-refractivity contribution is 6.03. The first kappa shape index (κ1) is 34.8. The second kappa shape index (κ2) is 13.8. The van der Waals surface area contributed by atoms with Gasteiger partial charge >= 0.3 is 6.01 Å². The average molecular weight is 706 g/mol. The normalized spacial score (nSPS) is 21.5. The number of hydrogen-bond acceptors (Lipinski definition) is 10. The van der Waals surface area contributed by atoms with E-state index in [1.807, 2.05) is 11.8 Å². The van der Waals surface area contributed by atoms with E-state index in [0.29, 0.717) is 50.2 Å². The smallest absolute Gasteiger partial charge is 0.319 e. The molecule has 266 valence electrons. The molecule has 52 heavy (non-hydrogen) atoms. The van der Waals surface area contributed by atoms with Crippen LogP contribution in [0, 0.1) is 46.6 Å². The zero-order chi connectivity index (χ0) is 36.6. The third kappa shape index (κ3) is 6.37. The van der Waals surface area contributed by atoms with Gasteiger partial charge in [0.1, 0.15) is 35.2 Å². The van der Waals surface area contributed by atoms with Crippen LogP contribution in [0.5, 0.6) is 11.8 Å². The lowest BCUT2D eigenvalue weighted by Crippen LogP contribution is -2.43. The van der Waals surface area contributed by atoms with Crippen molar-refractivity contribution in [1.29, 1.82) is 5.26 Å². The molecule has 2 atom stereocenters. The summed E-state index contributed by atoms with van der Waals surface area (Å²) >= 11 is 0. The van der Waals surface area contributed by atoms with E-state index in [1.165, 1.54) is 36.5 Å². The number of carbonyl (C=O) groups excluding carboxylic acids is 2. The summed E-state index contributed by atoms with van der Waals surface area (Å²) in [5.74, 6) is 0.0754. The van der Waals surface area contributed by atoms with Gasteiger partial charge in [-0.1, -0.05) is 18.1 Å². The van der Waals surface area contributed by atoms with E-state index in [0.717, 1.165) is 38.8 Å². The number of nitrogens with one attached hydrogen (secondary N) is 1. The van der Waals surface area contributed by atoms with Crippen molar-refractivity contribution in [2.75, 3.05) is 37.7 Å². The number of anilines is 1. The second-order valence-electron chi connectivity index (χ2n) is 14.2. The zero-order valence-electron chi connectivity index (χ0n) is 28.7. The summed E-state index contributed by atoms with van der Waals surface area (Å²) in [5, 5.41) is 23.7. The topological polar surface area (TPSA) is 145 Å². The van der Waals surface area contributed by atoms with E-state index in [-0.39, 0.29) is 56.3 Å². The molecule has 3 aliphatic heterocycles. The number of terminal acetylenes is 1. The minimum absolute atomic E-state index is 0.0347. The van der Waals surface area contributed by atoms with Gasteiger partial charge in [-0.25, -0.2) is 8.78 Å². The number of rotatable bonds is 8. The molecule has 0 saturated carbocycles. The molecule has 0 aliphatic carbocycles. The third-order valence-electron chi connectivity index (χ3n) is 10.8. The van der Waals surface area contributed by atoms with Crippen LogP contribution in [0.4, 0.5) is 14.6 Å². The molecule has 5 heterocycles. The Morgan fingerprint density at radius 2 is 1.98 bits per heavy atom. The van der Waals surface area contributed by atoms with Crippen molar-refractivity contribution < 1.29 is 28.2 Å². The molecule has 2 N–H and O–H groups in total. The molecular weight excluding hydrogens is 668 g/mol. The Labute approximate surface area is 299 Å². The van der Waals surface area contributed by atoms with E-state index in [1.54, 1.807) is 6.08 Å². The molecule has 0 radical (unpaired) electrons. The number of aromatic nitrogens is 3. The highest BCUT2D eigenvalue weighted by atomic mass is 19.1. The number of phenols is 1. The van der Waals surface area contributed by atoms with Gasteiger partial charge in [0.05, 0.1) is 28.0 Å². The predicted molar refractivity (Wildman–Crippen MR) is 190 cm³/mol. The predicted octanol–water partition coefficient (Wildman–Crippen LogP) is 5.39. The highest BCUT2D eigenvalue weighted by Crippen LogP contribution is 2.42. The minimum Gasteiger partial charge on any atom is -0.508 e. The Balaban J connectivity index is 1.38. The number of hydrogen-bond donors (Lipinski definition) is 2. The van der Waals surface area contributed by atoms with Crippen molar-refractivity contribution in [1.82, 2.24) is 25.2 Å². The molecule has 2 aromatic heterocycles. The Kier molecular flexibility index (Phi) is 9.24. The molecule has 11 nitrogen and oxygen atoms in total. The van der Waals surface area contributed by atoms with Gasteiger partial charge in [-0.05, 0) is 94.1 Å². The molecule has 0 bridgehead atoms. The van der Waals surface area contributed by atoms with Gasteiger partial charge in [-0.2, -0.15) is 15.2 Å². The zero-order valence-corrected chi connectivity index (χ0v) is 28.7. The van der Waals surface area contributed by atoms with E-state index in [9.17, 15) is 24.3 Å². The number of fused-ring (bicyclic) bond motifs is 3. The summed E-state index contributed by atoms with van der Waals surface area (Å²) in [5.41, 5.74) is -1.20. The highest BCUT2D eigenvalue weighted by Gasteiger charge is 2.45. The van der Waals surface area contributed by atoms with Crippen molar-refractivity contribution in [2.24, 2.45) is 11.3 Å². The molecule has 3 saturated heterocycles. The summed E-state index contributed by atoms with van der Waals surface area (Å²) < 4.78 is 38.4. The fourth-order valence-corrected chi connectivity index (χ4v) is 8.18. The third-order valence-corrected chi connectivity index (χ3v) is 10.8. The summed E-state index contributed by atoms with van der Waals surface area (Å²) in [6.45, 7) is 4.81. The van der Waals surface area contributed by atoms with E-state index in [2.05, 4.69) is 32.2 Å². The van der Waals surface area contributed by atoms with Crippen molar-refractivity contribution in [2.45, 2.75) is 51.0 Å². The number of nitrogens with zero attached hydrogens (tertiary/aromatic N) is 6. The molecule has 0 unspecified atom stereocenters. The molecule has 7 rings (SSSR count). The summed E-state index contributed by atoms with van der Waals surface area (Å²) in [6, 6.07) is 7.74. The van der Waals surface area contributed by atoms with Crippen LogP contribution in [0.25, 0.3) is 32.9 Å². The van der Waals surface area contributed by atoms with Crippen molar-refractivity contribution >= 4 is 39.8 Å². The Hall–Kier alpha value is -5.66. The number of pyridine rings is 1. The fourth-order valence-electron chi connectivity index (χ4n) is 8.18. The number of nitriles is 1. The Bertz CT molecular complexity index is 2200. The van der Waals surface area contributed by atoms with Crippen molar-refractivity contribution in [3.63, 3.8) is 0 Å². The number of aromatic hydroxyl groups is 1. The van der Waals surface area contributed by atoms with Crippen molar-refractivity contribution in [3.8, 4) is 41.4 Å². The number of imide groups is 1. The molecule has 3 aliphatic rings. The summed E-state index contributed by atoms with van der Waals surface area (Å²) in [4.78, 5) is 41.2. The lowest BCUT2D eigenvalue weighted by molar-refractivity contribution is -0.121. The molecule has 13 heteroatoms. The van der Waals surface area contributed by atoms with Gasteiger partial charge in [0.15, 0.2) is 5.82 Å². The van der Waals surface area contributed by atoms with Crippen LogP contribution < -0.4 is 15.0 Å². The van der Waals surface area contributed by atoms with Gasteiger partial charge in [-0.3, -0.25) is 24.8 Å². The molecule has 4 aromatic rings. The average Bonchev–Trinajstić information content (AvgIpc) is 3.67. The number of amides is 2. The summed E-state index contributed by atoms with van der Waals surface area (Å²) in [6.07, 6.45) is 15.3. The number of carbonyl (C=O) groups is 2. The minimum atomic E-state index is -0.842. The van der Waals surface area contributed by atoms with E-state index < -0.39 is 23.0 Å². The van der Waals surface area contributed by atoms with Gasteiger partial charge in [0.2, 0.25) is 12.3 Å². The first-order valence-electron chi connectivity index (χ1n) is 17.3. The first-order chi connectivity index (χ1) is 25.1.